The number of nitrogens with zero attached hydrogens (tertiary/aromatic N) is 4. The molecule has 4 aromatic rings. The van der Waals surface area contributed by atoms with Gasteiger partial charge in [-0.2, -0.15) is 0 Å². The van der Waals surface area contributed by atoms with Crippen molar-refractivity contribution in [2.24, 2.45) is 5.92 Å². The maximum Gasteiger partial charge on any atom is 0.226 e. The van der Waals surface area contributed by atoms with Gasteiger partial charge in [0.1, 0.15) is 0 Å². The molecule has 0 radical (unpaired) electrons. The molecule has 6 heteroatoms. The molecule has 1 unspecified atom stereocenters. The average Bonchev–Trinajstić information content (AvgIpc) is 2.92. The quantitative estimate of drug-likeness (QED) is 0.391. The minimum absolute atomic E-state index is 0.0375. The lowest BCUT2D eigenvalue weighted by molar-refractivity contribution is -0.126. The summed E-state index contributed by atoms with van der Waals surface area (Å²) in [7, 11) is 0. The maximum absolute atomic E-state index is 13.3. The molecule has 0 bridgehead atoms. The highest BCUT2D eigenvalue weighted by Gasteiger charge is 2.28. The Morgan fingerprint density at radius 3 is 2.31 bits per heavy atom. The summed E-state index contributed by atoms with van der Waals surface area (Å²) in [4.78, 5) is 29.4. The van der Waals surface area contributed by atoms with Crippen LogP contribution < -0.4 is 10.2 Å². The van der Waals surface area contributed by atoms with Crippen LogP contribution in [0.3, 0.4) is 0 Å². The number of anilines is 1. The molecule has 2 aromatic carbocycles. The van der Waals surface area contributed by atoms with E-state index in [9.17, 15) is 4.79 Å². The predicted octanol–water partition coefficient (Wildman–Crippen LogP) is 5.58. The molecule has 1 fully saturated rings. The summed E-state index contributed by atoms with van der Waals surface area (Å²) in [5, 5.41) is 4.42. The molecule has 3 heterocycles. The van der Waals surface area contributed by atoms with Crippen LogP contribution in [0.25, 0.3) is 10.9 Å². The molecular formula is C30H33N5O. The molecule has 1 saturated heterocycles. The normalized spacial score (nSPS) is 15.3. The van der Waals surface area contributed by atoms with E-state index in [2.05, 4.69) is 66.3 Å². The van der Waals surface area contributed by atoms with E-state index in [1.54, 1.807) is 12.4 Å². The Hall–Kier alpha value is -3.80. The van der Waals surface area contributed by atoms with Crippen molar-refractivity contribution in [3.8, 4) is 0 Å². The highest BCUT2D eigenvalue weighted by Crippen LogP contribution is 2.28. The van der Waals surface area contributed by atoms with Gasteiger partial charge in [0.05, 0.1) is 17.3 Å². The first-order chi connectivity index (χ1) is 17.5. The van der Waals surface area contributed by atoms with E-state index in [4.69, 9.17) is 9.97 Å². The molecule has 1 aliphatic rings. The zero-order valence-corrected chi connectivity index (χ0v) is 21.2. The van der Waals surface area contributed by atoms with Gasteiger partial charge in [-0.25, -0.2) is 9.97 Å². The second kappa shape index (κ2) is 10.4. The number of amides is 1. The van der Waals surface area contributed by atoms with Crippen LogP contribution in [0.15, 0.2) is 73.1 Å². The Kier molecular flexibility index (Phi) is 6.94. The third-order valence-electron chi connectivity index (χ3n) is 7.17. The number of fused-ring (bicyclic) bond motifs is 1. The summed E-state index contributed by atoms with van der Waals surface area (Å²) >= 11 is 0. The van der Waals surface area contributed by atoms with E-state index < -0.39 is 0 Å². The molecule has 36 heavy (non-hydrogen) atoms. The molecule has 6 nitrogen and oxygen atoms in total. The minimum Gasteiger partial charge on any atom is -0.345 e. The average molecular weight is 480 g/mol. The van der Waals surface area contributed by atoms with Crippen LogP contribution in [0.5, 0.6) is 0 Å². The second-order valence-electron chi connectivity index (χ2n) is 9.93. The van der Waals surface area contributed by atoms with Crippen LogP contribution in [-0.4, -0.2) is 33.9 Å². The van der Waals surface area contributed by atoms with Crippen LogP contribution in [0, 0.1) is 12.8 Å². The number of benzene rings is 2. The summed E-state index contributed by atoms with van der Waals surface area (Å²) in [6.07, 6.45) is 5.09. The maximum atomic E-state index is 13.3. The largest absolute Gasteiger partial charge is 0.345 e. The Labute approximate surface area is 212 Å². The Balaban J connectivity index is 1.28. The van der Waals surface area contributed by atoms with E-state index in [0.717, 1.165) is 59.6 Å². The summed E-state index contributed by atoms with van der Waals surface area (Å²) in [6.45, 7) is 7.98. The van der Waals surface area contributed by atoms with Crippen LogP contribution >= 0.6 is 0 Å². The summed E-state index contributed by atoms with van der Waals surface area (Å²) < 4.78 is 0. The van der Waals surface area contributed by atoms with Crippen LogP contribution in [0.2, 0.25) is 0 Å². The van der Waals surface area contributed by atoms with Crippen LogP contribution in [0.4, 0.5) is 5.95 Å². The third-order valence-corrected chi connectivity index (χ3v) is 7.17. The first-order valence-corrected chi connectivity index (χ1v) is 12.8. The number of nitrogens with one attached hydrogen (secondary N) is 1. The highest BCUT2D eigenvalue weighted by atomic mass is 16.2. The number of aromatic nitrogens is 3. The van der Waals surface area contributed by atoms with Crippen molar-refractivity contribution in [2.45, 2.75) is 45.6 Å². The van der Waals surface area contributed by atoms with E-state index >= 15 is 0 Å². The molecular weight excluding hydrogens is 446 g/mol. The smallest absolute Gasteiger partial charge is 0.226 e. The summed E-state index contributed by atoms with van der Waals surface area (Å²) in [6, 6.07) is 20.3. The minimum atomic E-state index is -0.193. The molecule has 1 atom stereocenters. The topological polar surface area (TPSA) is 71.0 Å². The van der Waals surface area contributed by atoms with Gasteiger partial charge in [0, 0.05) is 36.8 Å². The van der Waals surface area contributed by atoms with Crippen molar-refractivity contribution in [1.29, 1.82) is 0 Å². The Morgan fingerprint density at radius 2 is 1.61 bits per heavy atom. The van der Waals surface area contributed by atoms with Crippen LogP contribution in [-0.2, 0) is 4.79 Å². The molecule has 1 N–H and O–H groups in total. The van der Waals surface area contributed by atoms with Gasteiger partial charge in [-0.15, -0.1) is 0 Å². The zero-order chi connectivity index (χ0) is 25.1. The highest BCUT2D eigenvalue weighted by molar-refractivity contribution is 5.83. The number of piperidine rings is 1. The summed E-state index contributed by atoms with van der Waals surface area (Å²) in [5.74, 6) is 1.29. The van der Waals surface area contributed by atoms with Gasteiger partial charge in [-0.1, -0.05) is 50.2 Å². The molecule has 0 spiro atoms. The monoisotopic (exact) mass is 479 g/mol. The third kappa shape index (κ3) is 5.08. The van der Waals surface area contributed by atoms with Gasteiger partial charge < -0.3 is 10.2 Å². The van der Waals surface area contributed by atoms with Gasteiger partial charge in [0.2, 0.25) is 11.9 Å². The van der Waals surface area contributed by atoms with Gasteiger partial charge in [-0.05, 0) is 66.6 Å². The first kappa shape index (κ1) is 23.9. The van der Waals surface area contributed by atoms with Gasteiger partial charge in [0.15, 0.2) is 0 Å². The lowest BCUT2D eigenvalue weighted by atomic mass is 9.93. The fourth-order valence-electron chi connectivity index (χ4n) is 4.95. The molecule has 184 valence electrons. The SMILES string of the molecule is Cc1nc(N2CCC(C(=O)NC(c3ccccc3)c3ccncc3)CC2)nc2ccc(C(C)C)cc12. The number of hydrogen-bond acceptors (Lipinski definition) is 5. The molecule has 1 amide bonds. The van der Waals surface area contributed by atoms with Crippen molar-refractivity contribution in [1.82, 2.24) is 20.3 Å². The molecule has 1 aliphatic heterocycles. The number of carbonyl (C=O) groups excluding carboxylic acids is 1. The van der Waals surface area contributed by atoms with E-state index in [1.807, 2.05) is 30.3 Å². The van der Waals surface area contributed by atoms with Gasteiger partial charge in [0.25, 0.3) is 0 Å². The Morgan fingerprint density at radius 1 is 0.917 bits per heavy atom. The fraction of sp³-hybridized carbons (Fsp3) is 0.333. The van der Waals surface area contributed by atoms with Crippen molar-refractivity contribution < 1.29 is 4.79 Å². The molecule has 5 rings (SSSR count). The predicted molar refractivity (Wildman–Crippen MR) is 144 cm³/mol. The summed E-state index contributed by atoms with van der Waals surface area (Å²) in [5.41, 5.74) is 5.37. The fourth-order valence-corrected chi connectivity index (χ4v) is 4.95. The first-order valence-electron chi connectivity index (χ1n) is 12.8. The van der Waals surface area contributed by atoms with E-state index in [1.165, 1.54) is 5.56 Å². The van der Waals surface area contributed by atoms with Gasteiger partial charge in [-0.3, -0.25) is 9.78 Å². The molecule has 0 saturated carbocycles. The number of carbonyl (C=O) groups is 1. The van der Waals surface area contributed by atoms with Crippen molar-refractivity contribution in [2.75, 3.05) is 18.0 Å². The van der Waals surface area contributed by atoms with Crippen molar-refractivity contribution >= 4 is 22.8 Å². The Bertz CT molecular complexity index is 1290. The van der Waals surface area contributed by atoms with Crippen LogP contribution in [0.1, 0.15) is 61.0 Å². The zero-order valence-electron chi connectivity index (χ0n) is 21.2. The second-order valence-corrected chi connectivity index (χ2v) is 9.93. The van der Waals surface area contributed by atoms with Gasteiger partial charge >= 0.3 is 0 Å². The lowest BCUT2D eigenvalue weighted by Gasteiger charge is -2.32. The standard InChI is InChI=1S/C30H33N5O/c1-20(2)25-9-10-27-26(19-25)21(3)32-30(33-27)35-17-13-24(14-18-35)29(36)34-28(22-7-5-4-6-8-22)23-11-15-31-16-12-23/h4-12,15-16,19-20,24,28H,13-14,17-18H2,1-3H3,(H,34,36). The molecule has 2 aromatic heterocycles. The molecule has 0 aliphatic carbocycles. The lowest BCUT2D eigenvalue weighted by Crippen LogP contribution is -2.42. The number of aryl methyl sites for hydroxylation is 1. The number of hydrogen-bond donors (Lipinski definition) is 1. The number of rotatable bonds is 6. The number of pyridine rings is 1. The van der Waals surface area contributed by atoms with Crippen molar-refractivity contribution in [3.05, 3.63) is 95.4 Å². The van der Waals surface area contributed by atoms with E-state index in [0.29, 0.717) is 5.92 Å². The van der Waals surface area contributed by atoms with E-state index in [-0.39, 0.29) is 17.9 Å². The van der Waals surface area contributed by atoms with Crippen molar-refractivity contribution in [3.63, 3.8) is 0 Å².